The number of amides is 2. The molecule has 188 valence electrons. The van der Waals surface area contributed by atoms with Gasteiger partial charge in [0.05, 0.1) is 36.0 Å². The number of furan rings is 1. The molecule has 1 aromatic carbocycles. The number of nitrogens with one attached hydrogen (secondary N) is 1. The third kappa shape index (κ3) is 5.79. The standard InChI is InChI=1S/C27H24ClN5O4/c28-22-13-19(23-4-3-18(15-30-23)27(35)33-7-9-36-10-8-33)11-20-12-21(37-26(20)22)16-32-25(34)6-2-17-1-5-24(29)31-14-17/h1-6,11-15H,7-10,16H2,(H2,29,31)(H,32,34)/b6-2+. The Morgan fingerprint density at radius 3 is 2.65 bits per heavy atom. The van der Waals surface area contributed by atoms with Crippen molar-refractivity contribution in [3.05, 3.63) is 82.8 Å². The average Bonchev–Trinajstić information content (AvgIpc) is 3.35. The summed E-state index contributed by atoms with van der Waals surface area (Å²) in [6.07, 6.45) is 6.23. The molecule has 10 heteroatoms. The maximum atomic E-state index is 12.7. The minimum Gasteiger partial charge on any atom is -0.458 e. The van der Waals surface area contributed by atoms with Crippen LogP contribution in [0.4, 0.5) is 5.82 Å². The Balaban J connectivity index is 1.26. The molecule has 3 N–H and O–H groups in total. The summed E-state index contributed by atoms with van der Waals surface area (Å²) in [7, 11) is 0. The van der Waals surface area contributed by atoms with Crippen LogP contribution in [0.1, 0.15) is 21.7 Å². The molecule has 0 saturated carbocycles. The van der Waals surface area contributed by atoms with Gasteiger partial charge < -0.3 is 25.1 Å². The highest BCUT2D eigenvalue weighted by Gasteiger charge is 2.19. The van der Waals surface area contributed by atoms with Crippen LogP contribution in [0.15, 0.2) is 65.4 Å². The molecule has 0 spiro atoms. The van der Waals surface area contributed by atoms with Gasteiger partial charge in [0.15, 0.2) is 5.58 Å². The lowest BCUT2D eigenvalue weighted by molar-refractivity contribution is -0.116. The van der Waals surface area contributed by atoms with Crippen LogP contribution in [0.3, 0.4) is 0 Å². The van der Waals surface area contributed by atoms with Gasteiger partial charge >= 0.3 is 0 Å². The second-order valence-corrected chi connectivity index (χ2v) is 8.90. The number of hydrogen-bond donors (Lipinski definition) is 2. The van der Waals surface area contributed by atoms with Crippen molar-refractivity contribution in [1.29, 1.82) is 0 Å². The first-order chi connectivity index (χ1) is 18.0. The maximum Gasteiger partial charge on any atom is 0.255 e. The van der Waals surface area contributed by atoms with E-state index in [1.165, 1.54) is 6.08 Å². The minimum atomic E-state index is -0.278. The molecular formula is C27H24ClN5O4. The third-order valence-electron chi connectivity index (χ3n) is 5.90. The first-order valence-corrected chi connectivity index (χ1v) is 12.1. The number of morpholine rings is 1. The second-order valence-electron chi connectivity index (χ2n) is 8.49. The van der Waals surface area contributed by atoms with Gasteiger partial charge in [0.25, 0.3) is 5.91 Å². The van der Waals surface area contributed by atoms with E-state index in [1.807, 2.05) is 12.1 Å². The quantitative estimate of drug-likeness (QED) is 0.371. The monoisotopic (exact) mass is 517 g/mol. The van der Waals surface area contributed by atoms with Crippen LogP contribution in [0.5, 0.6) is 0 Å². The zero-order chi connectivity index (χ0) is 25.8. The number of pyridine rings is 2. The topological polar surface area (TPSA) is 124 Å². The Kier molecular flexibility index (Phi) is 7.16. The van der Waals surface area contributed by atoms with Crippen LogP contribution in [0.25, 0.3) is 28.3 Å². The van der Waals surface area contributed by atoms with Gasteiger partial charge in [0.2, 0.25) is 5.91 Å². The fourth-order valence-electron chi connectivity index (χ4n) is 3.96. The van der Waals surface area contributed by atoms with Gasteiger partial charge in [-0.2, -0.15) is 0 Å². The van der Waals surface area contributed by atoms with Crippen molar-refractivity contribution in [1.82, 2.24) is 20.2 Å². The number of nitrogens with two attached hydrogens (primary N) is 1. The Morgan fingerprint density at radius 1 is 1.08 bits per heavy atom. The highest BCUT2D eigenvalue weighted by molar-refractivity contribution is 6.35. The van der Waals surface area contributed by atoms with Crippen molar-refractivity contribution >= 4 is 46.3 Å². The number of hydrogen-bond acceptors (Lipinski definition) is 7. The van der Waals surface area contributed by atoms with Crippen molar-refractivity contribution in [3.8, 4) is 11.3 Å². The molecule has 0 atom stereocenters. The molecule has 0 bridgehead atoms. The van der Waals surface area contributed by atoms with Gasteiger partial charge in [-0.3, -0.25) is 14.6 Å². The molecule has 1 aliphatic rings. The van der Waals surface area contributed by atoms with Crippen LogP contribution in [0.2, 0.25) is 5.02 Å². The molecule has 1 saturated heterocycles. The van der Waals surface area contributed by atoms with Crippen molar-refractivity contribution in [2.75, 3.05) is 32.0 Å². The highest BCUT2D eigenvalue weighted by Crippen LogP contribution is 2.32. The molecule has 5 rings (SSSR count). The predicted octanol–water partition coefficient (Wildman–Crippen LogP) is 3.93. The third-order valence-corrected chi connectivity index (χ3v) is 6.18. The van der Waals surface area contributed by atoms with Crippen molar-refractivity contribution in [2.24, 2.45) is 0 Å². The lowest BCUT2D eigenvalue weighted by atomic mass is 10.1. The zero-order valence-corrected chi connectivity index (χ0v) is 20.6. The number of benzene rings is 1. The fraction of sp³-hybridized carbons (Fsp3) is 0.185. The molecule has 2 amide bonds. The van der Waals surface area contributed by atoms with E-state index in [9.17, 15) is 9.59 Å². The number of ether oxygens (including phenoxy) is 1. The highest BCUT2D eigenvalue weighted by atomic mass is 35.5. The SMILES string of the molecule is Nc1ccc(/C=C/C(=O)NCc2cc3cc(-c4ccc(C(=O)N5CCOCC5)cn4)cc(Cl)c3o2)cn1. The average molecular weight is 518 g/mol. The smallest absolute Gasteiger partial charge is 0.255 e. The molecule has 0 unspecified atom stereocenters. The normalized spacial score (nSPS) is 13.8. The summed E-state index contributed by atoms with van der Waals surface area (Å²) in [5, 5.41) is 4.00. The minimum absolute atomic E-state index is 0.0580. The first kappa shape index (κ1) is 24.5. The summed E-state index contributed by atoms with van der Waals surface area (Å²) < 4.78 is 11.2. The molecular weight excluding hydrogens is 494 g/mol. The Hall–Kier alpha value is -4.21. The number of rotatable bonds is 6. The van der Waals surface area contributed by atoms with Crippen molar-refractivity contribution in [3.63, 3.8) is 0 Å². The van der Waals surface area contributed by atoms with Crippen LogP contribution in [0, 0.1) is 0 Å². The van der Waals surface area contributed by atoms with Gasteiger partial charge in [-0.15, -0.1) is 0 Å². The van der Waals surface area contributed by atoms with Gasteiger partial charge in [-0.05, 0) is 54.1 Å². The molecule has 37 heavy (non-hydrogen) atoms. The summed E-state index contributed by atoms with van der Waals surface area (Å²) in [4.78, 5) is 35.1. The van der Waals surface area contributed by atoms with Crippen molar-refractivity contribution < 1.29 is 18.7 Å². The second kappa shape index (κ2) is 10.8. The Labute approximate surface area is 217 Å². The van der Waals surface area contributed by atoms with E-state index >= 15 is 0 Å². The van der Waals surface area contributed by atoms with Gasteiger partial charge in [0.1, 0.15) is 11.6 Å². The molecule has 4 heterocycles. The van der Waals surface area contributed by atoms with E-state index in [2.05, 4.69) is 15.3 Å². The van der Waals surface area contributed by atoms with E-state index in [4.69, 9.17) is 26.5 Å². The number of carbonyl (C=O) groups is 2. The summed E-state index contributed by atoms with van der Waals surface area (Å²) in [6.45, 7) is 2.44. The largest absolute Gasteiger partial charge is 0.458 e. The van der Waals surface area contributed by atoms with E-state index < -0.39 is 0 Å². The van der Waals surface area contributed by atoms with Crippen molar-refractivity contribution in [2.45, 2.75) is 6.54 Å². The van der Waals surface area contributed by atoms with Gasteiger partial charge in [-0.25, -0.2) is 4.98 Å². The fourth-order valence-corrected chi connectivity index (χ4v) is 4.22. The van der Waals surface area contributed by atoms with Crippen LogP contribution in [-0.2, 0) is 16.1 Å². The van der Waals surface area contributed by atoms with E-state index in [0.29, 0.717) is 59.7 Å². The summed E-state index contributed by atoms with van der Waals surface area (Å²) in [5.41, 5.74) is 8.86. The summed E-state index contributed by atoms with van der Waals surface area (Å²) in [6, 6.07) is 12.5. The molecule has 1 aliphatic heterocycles. The van der Waals surface area contributed by atoms with E-state index in [-0.39, 0.29) is 18.4 Å². The first-order valence-electron chi connectivity index (χ1n) is 11.7. The Morgan fingerprint density at radius 2 is 1.92 bits per heavy atom. The summed E-state index contributed by atoms with van der Waals surface area (Å²) in [5.74, 6) is 0.640. The molecule has 0 aliphatic carbocycles. The lowest BCUT2D eigenvalue weighted by Gasteiger charge is -2.26. The molecule has 3 aromatic heterocycles. The number of fused-ring (bicyclic) bond motifs is 1. The maximum absolute atomic E-state index is 12.7. The lowest BCUT2D eigenvalue weighted by Crippen LogP contribution is -2.40. The van der Waals surface area contributed by atoms with Crippen LogP contribution < -0.4 is 11.1 Å². The van der Waals surface area contributed by atoms with E-state index in [1.54, 1.807) is 53.7 Å². The number of halogens is 1. The van der Waals surface area contributed by atoms with Crippen LogP contribution >= 0.6 is 11.6 Å². The molecule has 0 radical (unpaired) electrons. The number of anilines is 1. The van der Waals surface area contributed by atoms with Gasteiger partial charge in [-0.1, -0.05) is 11.6 Å². The summed E-state index contributed by atoms with van der Waals surface area (Å²) >= 11 is 6.49. The molecule has 9 nitrogen and oxygen atoms in total. The predicted molar refractivity (Wildman–Crippen MR) is 141 cm³/mol. The number of aromatic nitrogens is 2. The number of carbonyl (C=O) groups excluding carboxylic acids is 2. The number of nitrogens with zero attached hydrogens (tertiary/aromatic N) is 3. The van der Waals surface area contributed by atoms with E-state index in [0.717, 1.165) is 16.5 Å². The Bertz CT molecular complexity index is 1460. The molecule has 1 fully saturated rings. The molecule has 4 aromatic rings. The zero-order valence-electron chi connectivity index (χ0n) is 19.8. The van der Waals surface area contributed by atoms with Gasteiger partial charge in [0, 0.05) is 42.5 Å². The number of nitrogen functional groups attached to an aromatic ring is 1. The van der Waals surface area contributed by atoms with Crippen LogP contribution in [-0.4, -0.2) is 53.0 Å².